The first-order valence-electron chi connectivity index (χ1n) is 7.25. The zero-order valence-electron chi connectivity index (χ0n) is 12.0. The molecular weight excluding hydrogens is 252 g/mol. The minimum Gasteiger partial charge on any atom is -0.360 e. The van der Waals surface area contributed by atoms with Gasteiger partial charge >= 0.3 is 0 Å². The van der Waals surface area contributed by atoms with Gasteiger partial charge in [0, 0.05) is 12.6 Å². The summed E-state index contributed by atoms with van der Waals surface area (Å²) >= 11 is 5.37. The monoisotopic (exact) mass is 276 g/mol. The van der Waals surface area contributed by atoms with E-state index in [0.29, 0.717) is 6.04 Å². The molecule has 1 aliphatic rings. The van der Waals surface area contributed by atoms with Gasteiger partial charge in [-0.2, -0.15) is 0 Å². The van der Waals surface area contributed by atoms with E-state index >= 15 is 0 Å². The van der Waals surface area contributed by atoms with E-state index in [1.807, 2.05) is 0 Å². The first-order chi connectivity index (χ1) is 9.15. The van der Waals surface area contributed by atoms with Gasteiger partial charge in [0.1, 0.15) is 0 Å². The van der Waals surface area contributed by atoms with E-state index in [1.165, 1.54) is 48.8 Å². The highest BCUT2D eigenvalue weighted by atomic mass is 32.1. The van der Waals surface area contributed by atoms with Crippen LogP contribution in [0.4, 0.5) is 0 Å². The molecule has 3 heteroatoms. The summed E-state index contributed by atoms with van der Waals surface area (Å²) in [7, 11) is 0. The number of thiocarbonyl (C=S) groups is 1. The number of nitrogens with one attached hydrogen (secondary N) is 2. The van der Waals surface area contributed by atoms with Crippen molar-refractivity contribution in [2.75, 3.05) is 0 Å². The van der Waals surface area contributed by atoms with E-state index in [0.717, 1.165) is 11.7 Å². The predicted octanol–water partition coefficient (Wildman–Crippen LogP) is 3.60. The lowest BCUT2D eigenvalue weighted by Gasteiger charge is -2.24. The third-order valence-corrected chi connectivity index (χ3v) is 4.23. The molecule has 19 heavy (non-hydrogen) atoms. The molecule has 0 aromatic heterocycles. The normalized spacial score (nSPS) is 16.1. The molecular formula is C16H24N2S. The van der Waals surface area contributed by atoms with Crippen LogP contribution in [0.25, 0.3) is 0 Å². The summed E-state index contributed by atoms with van der Waals surface area (Å²) in [6.07, 6.45) is 6.55. The van der Waals surface area contributed by atoms with Gasteiger partial charge in [0.15, 0.2) is 5.11 Å². The van der Waals surface area contributed by atoms with Crippen LogP contribution in [0, 0.1) is 13.8 Å². The number of hydrogen-bond donors (Lipinski definition) is 2. The Morgan fingerprint density at radius 3 is 2.58 bits per heavy atom. The maximum Gasteiger partial charge on any atom is 0.166 e. The van der Waals surface area contributed by atoms with Gasteiger partial charge < -0.3 is 10.6 Å². The highest BCUT2D eigenvalue weighted by molar-refractivity contribution is 7.80. The summed E-state index contributed by atoms with van der Waals surface area (Å²) < 4.78 is 0. The number of aryl methyl sites for hydroxylation is 2. The van der Waals surface area contributed by atoms with Crippen molar-refractivity contribution in [3.05, 3.63) is 34.9 Å². The van der Waals surface area contributed by atoms with Crippen LogP contribution in [0.5, 0.6) is 0 Å². The quantitative estimate of drug-likeness (QED) is 0.825. The van der Waals surface area contributed by atoms with E-state index < -0.39 is 0 Å². The first kappa shape index (κ1) is 14.3. The van der Waals surface area contributed by atoms with E-state index in [9.17, 15) is 0 Å². The van der Waals surface area contributed by atoms with E-state index in [2.05, 4.69) is 42.7 Å². The Kier molecular flexibility index (Phi) is 5.20. The predicted molar refractivity (Wildman–Crippen MR) is 85.4 cm³/mol. The van der Waals surface area contributed by atoms with Crippen molar-refractivity contribution >= 4 is 17.3 Å². The second-order valence-corrected chi connectivity index (χ2v) is 5.99. The van der Waals surface area contributed by atoms with Crippen molar-refractivity contribution in [3.63, 3.8) is 0 Å². The Hall–Kier alpha value is -1.09. The van der Waals surface area contributed by atoms with Gasteiger partial charge in [0.2, 0.25) is 0 Å². The van der Waals surface area contributed by atoms with E-state index in [4.69, 9.17) is 12.2 Å². The van der Waals surface area contributed by atoms with Crippen LogP contribution in [0.15, 0.2) is 18.2 Å². The topological polar surface area (TPSA) is 24.1 Å². The zero-order valence-corrected chi connectivity index (χ0v) is 12.8. The summed E-state index contributed by atoms with van der Waals surface area (Å²) in [6, 6.07) is 7.14. The molecule has 0 spiro atoms. The van der Waals surface area contributed by atoms with Gasteiger partial charge in [-0.25, -0.2) is 0 Å². The molecule has 1 fully saturated rings. The molecule has 1 aliphatic carbocycles. The minimum absolute atomic E-state index is 0.577. The third-order valence-electron chi connectivity index (χ3n) is 3.96. The second kappa shape index (κ2) is 6.90. The number of benzene rings is 1. The minimum atomic E-state index is 0.577. The molecule has 2 rings (SSSR count). The van der Waals surface area contributed by atoms with Crippen LogP contribution >= 0.6 is 12.2 Å². The zero-order chi connectivity index (χ0) is 13.7. The Bertz CT molecular complexity index is 436. The van der Waals surface area contributed by atoms with Crippen molar-refractivity contribution in [1.29, 1.82) is 0 Å². The molecule has 0 amide bonds. The lowest BCUT2D eigenvalue weighted by Crippen LogP contribution is -2.42. The van der Waals surface area contributed by atoms with Crippen molar-refractivity contribution in [1.82, 2.24) is 10.6 Å². The molecule has 0 unspecified atom stereocenters. The molecule has 0 atom stereocenters. The molecule has 1 saturated carbocycles. The van der Waals surface area contributed by atoms with Crippen LogP contribution in [-0.2, 0) is 6.54 Å². The van der Waals surface area contributed by atoms with Crippen molar-refractivity contribution < 1.29 is 0 Å². The van der Waals surface area contributed by atoms with Crippen LogP contribution in [0.1, 0.15) is 48.8 Å². The lowest BCUT2D eigenvalue weighted by molar-refractivity contribution is 0.412. The summed E-state index contributed by atoms with van der Waals surface area (Å²) in [5, 5.41) is 7.55. The Labute approximate surface area is 122 Å². The van der Waals surface area contributed by atoms with Crippen molar-refractivity contribution in [2.45, 2.75) is 58.5 Å². The highest BCUT2D eigenvalue weighted by Gasteiger charge is 2.13. The van der Waals surface area contributed by atoms with Gasteiger partial charge in [-0.15, -0.1) is 0 Å². The molecule has 2 N–H and O–H groups in total. The van der Waals surface area contributed by atoms with Crippen molar-refractivity contribution in [2.24, 2.45) is 0 Å². The molecule has 104 valence electrons. The third kappa shape index (κ3) is 4.50. The molecule has 1 aromatic rings. The number of rotatable bonds is 3. The molecule has 0 bridgehead atoms. The Morgan fingerprint density at radius 1 is 1.16 bits per heavy atom. The Morgan fingerprint density at radius 2 is 1.89 bits per heavy atom. The van der Waals surface area contributed by atoms with Gasteiger partial charge in [-0.05, 0) is 55.6 Å². The lowest BCUT2D eigenvalue weighted by atomic mass is 9.96. The standard InChI is InChI=1S/C16H24N2S/c1-12-8-9-14(10-13(12)2)11-17-16(19)18-15-6-4-3-5-7-15/h8-10,15H,3-7,11H2,1-2H3,(H2,17,18,19). The largest absolute Gasteiger partial charge is 0.360 e. The summed E-state index contributed by atoms with van der Waals surface area (Å²) in [4.78, 5) is 0. The van der Waals surface area contributed by atoms with Gasteiger partial charge in [0.05, 0.1) is 0 Å². The van der Waals surface area contributed by atoms with E-state index in [-0.39, 0.29) is 0 Å². The average Bonchev–Trinajstić information content (AvgIpc) is 2.41. The van der Waals surface area contributed by atoms with Crippen LogP contribution < -0.4 is 10.6 Å². The fourth-order valence-corrected chi connectivity index (χ4v) is 2.82. The SMILES string of the molecule is Cc1ccc(CNC(=S)NC2CCCCC2)cc1C. The average molecular weight is 276 g/mol. The maximum atomic E-state index is 5.37. The van der Waals surface area contributed by atoms with Gasteiger partial charge in [-0.1, -0.05) is 37.5 Å². The van der Waals surface area contributed by atoms with Crippen LogP contribution in [0.3, 0.4) is 0 Å². The molecule has 0 aliphatic heterocycles. The fourth-order valence-electron chi connectivity index (χ4n) is 2.58. The smallest absolute Gasteiger partial charge is 0.166 e. The highest BCUT2D eigenvalue weighted by Crippen LogP contribution is 2.17. The molecule has 2 nitrogen and oxygen atoms in total. The van der Waals surface area contributed by atoms with E-state index in [1.54, 1.807) is 0 Å². The van der Waals surface area contributed by atoms with Gasteiger partial charge in [0.25, 0.3) is 0 Å². The second-order valence-electron chi connectivity index (χ2n) is 5.58. The Balaban J connectivity index is 1.77. The summed E-state index contributed by atoms with van der Waals surface area (Å²) in [5.41, 5.74) is 3.97. The molecule has 0 heterocycles. The molecule has 1 aromatic carbocycles. The van der Waals surface area contributed by atoms with Gasteiger partial charge in [-0.3, -0.25) is 0 Å². The summed E-state index contributed by atoms with van der Waals surface area (Å²) in [6.45, 7) is 5.10. The fraction of sp³-hybridized carbons (Fsp3) is 0.562. The molecule has 0 radical (unpaired) electrons. The first-order valence-corrected chi connectivity index (χ1v) is 7.66. The molecule has 0 saturated heterocycles. The summed E-state index contributed by atoms with van der Waals surface area (Å²) in [5.74, 6) is 0. The van der Waals surface area contributed by atoms with Crippen molar-refractivity contribution in [3.8, 4) is 0 Å². The van der Waals surface area contributed by atoms with Crippen LogP contribution in [-0.4, -0.2) is 11.2 Å². The maximum absolute atomic E-state index is 5.37. The number of hydrogen-bond acceptors (Lipinski definition) is 1. The van der Waals surface area contributed by atoms with Crippen LogP contribution in [0.2, 0.25) is 0 Å².